The van der Waals surface area contributed by atoms with Crippen molar-refractivity contribution in [2.75, 3.05) is 11.4 Å². The summed E-state index contributed by atoms with van der Waals surface area (Å²) in [5, 5.41) is 0. The number of benzene rings is 1. The summed E-state index contributed by atoms with van der Waals surface area (Å²) >= 11 is 0. The van der Waals surface area contributed by atoms with E-state index in [1.54, 1.807) is 6.92 Å². The third kappa shape index (κ3) is 1.95. The van der Waals surface area contributed by atoms with Gasteiger partial charge in [0.2, 0.25) is 5.91 Å². The van der Waals surface area contributed by atoms with Gasteiger partial charge in [0, 0.05) is 25.2 Å². The number of hydrogen-bond donors (Lipinski definition) is 1. The normalized spacial score (nSPS) is 20.2. The Labute approximate surface area is 96.2 Å². The lowest BCUT2D eigenvalue weighted by Gasteiger charge is -2.23. The quantitative estimate of drug-likeness (QED) is 0.719. The van der Waals surface area contributed by atoms with Gasteiger partial charge in [0.25, 0.3) is 0 Å². The maximum atomic E-state index is 11.7. The van der Waals surface area contributed by atoms with Crippen LogP contribution in [0.1, 0.15) is 24.5 Å². The van der Waals surface area contributed by atoms with Crippen LogP contribution < -0.4 is 10.6 Å². The Balaban J connectivity index is 2.52. The van der Waals surface area contributed by atoms with Crippen LogP contribution in [-0.2, 0) is 11.2 Å². The lowest BCUT2D eigenvalue weighted by atomic mass is 10.0. The second-order valence-electron chi connectivity index (χ2n) is 4.51. The van der Waals surface area contributed by atoms with Gasteiger partial charge < -0.3 is 10.6 Å². The minimum absolute atomic E-state index is 0.102. The molecule has 0 saturated carbocycles. The van der Waals surface area contributed by atoms with Crippen molar-refractivity contribution in [1.82, 2.24) is 0 Å². The molecule has 1 amide bonds. The molecule has 0 spiro atoms. The number of rotatable bonds is 0. The molecule has 1 aliphatic rings. The van der Waals surface area contributed by atoms with Crippen LogP contribution in [0.3, 0.4) is 0 Å². The van der Waals surface area contributed by atoms with Gasteiger partial charge in [-0.05, 0) is 30.9 Å². The Morgan fingerprint density at radius 1 is 1.50 bits per heavy atom. The minimum atomic E-state index is 0.102. The van der Waals surface area contributed by atoms with Crippen molar-refractivity contribution in [2.45, 2.75) is 32.7 Å². The first kappa shape index (κ1) is 11.1. The van der Waals surface area contributed by atoms with E-state index in [4.69, 9.17) is 5.73 Å². The first-order valence-corrected chi connectivity index (χ1v) is 5.71. The maximum absolute atomic E-state index is 11.7. The Bertz CT molecular complexity index is 414. The fourth-order valence-electron chi connectivity index (χ4n) is 2.38. The Kier molecular flexibility index (Phi) is 2.97. The molecule has 3 heteroatoms. The summed E-state index contributed by atoms with van der Waals surface area (Å²) < 4.78 is 0. The molecule has 1 heterocycles. The molecule has 0 bridgehead atoms. The highest BCUT2D eigenvalue weighted by atomic mass is 16.2. The molecule has 0 aromatic heterocycles. The van der Waals surface area contributed by atoms with Gasteiger partial charge in [0.15, 0.2) is 0 Å². The number of fused-ring (bicyclic) bond motifs is 1. The molecular formula is C13H18N2O. The van der Waals surface area contributed by atoms with E-state index in [-0.39, 0.29) is 11.9 Å². The maximum Gasteiger partial charge on any atom is 0.223 e. The number of aryl methyl sites for hydroxylation is 1. The summed E-state index contributed by atoms with van der Waals surface area (Å²) in [5.41, 5.74) is 9.45. The van der Waals surface area contributed by atoms with Crippen LogP contribution >= 0.6 is 0 Å². The Morgan fingerprint density at radius 3 is 2.94 bits per heavy atom. The molecule has 3 nitrogen and oxygen atoms in total. The van der Waals surface area contributed by atoms with Crippen molar-refractivity contribution in [3.63, 3.8) is 0 Å². The molecule has 1 unspecified atom stereocenters. The van der Waals surface area contributed by atoms with E-state index in [1.807, 2.05) is 24.0 Å². The average Bonchev–Trinajstić information content (AvgIpc) is 2.37. The number of amides is 1. The van der Waals surface area contributed by atoms with Crippen LogP contribution in [0.15, 0.2) is 18.2 Å². The van der Waals surface area contributed by atoms with Crippen molar-refractivity contribution in [3.05, 3.63) is 29.3 Å². The number of nitrogens with two attached hydrogens (primary N) is 1. The fourth-order valence-corrected chi connectivity index (χ4v) is 2.38. The highest BCUT2D eigenvalue weighted by molar-refractivity contribution is 5.93. The Morgan fingerprint density at radius 2 is 2.25 bits per heavy atom. The van der Waals surface area contributed by atoms with Gasteiger partial charge in [-0.2, -0.15) is 0 Å². The van der Waals surface area contributed by atoms with E-state index in [2.05, 4.69) is 6.07 Å². The molecule has 86 valence electrons. The number of para-hydroxylation sites is 1. The summed E-state index contributed by atoms with van der Waals surface area (Å²) in [7, 11) is 0. The number of anilines is 1. The van der Waals surface area contributed by atoms with E-state index in [1.165, 1.54) is 5.56 Å². The highest BCUT2D eigenvalue weighted by Crippen LogP contribution is 2.29. The van der Waals surface area contributed by atoms with E-state index in [9.17, 15) is 4.79 Å². The van der Waals surface area contributed by atoms with E-state index < -0.39 is 0 Å². The van der Waals surface area contributed by atoms with E-state index in [0.29, 0.717) is 0 Å². The summed E-state index contributed by atoms with van der Waals surface area (Å²) in [5.74, 6) is 0.102. The predicted molar refractivity (Wildman–Crippen MR) is 65.5 cm³/mol. The predicted octanol–water partition coefficient (Wildman–Crippen LogP) is 1.62. The zero-order chi connectivity index (χ0) is 11.7. The van der Waals surface area contributed by atoms with Gasteiger partial charge in [-0.15, -0.1) is 0 Å². The molecule has 0 fully saturated rings. The van der Waals surface area contributed by atoms with Crippen molar-refractivity contribution in [1.29, 1.82) is 0 Å². The number of carbonyl (C=O) groups excluding carboxylic acids is 1. The standard InChI is InChI=1S/C13H18N2O/c1-9-4-3-5-11-8-12(14)6-7-15(10(2)16)13(9)11/h3-5,12H,6-8,14H2,1-2H3. The van der Waals surface area contributed by atoms with Gasteiger partial charge in [-0.25, -0.2) is 0 Å². The van der Waals surface area contributed by atoms with Gasteiger partial charge in [0.05, 0.1) is 0 Å². The van der Waals surface area contributed by atoms with Crippen molar-refractivity contribution in [3.8, 4) is 0 Å². The zero-order valence-corrected chi connectivity index (χ0v) is 9.86. The molecule has 2 N–H and O–H groups in total. The number of hydrogen-bond acceptors (Lipinski definition) is 2. The van der Waals surface area contributed by atoms with Crippen molar-refractivity contribution < 1.29 is 4.79 Å². The largest absolute Gasteiger partial charge is 0.327 e. The monoisotopic (exact) mass is 218 g/mol. The molecule has 0 aliphatic carbocycles. The van der Waals surface area contributed by atoms with Crippen LogP contribution in [0, 0.1) is 6.92 Å². The van der Waals surface area contributed by atoms with Crippen molar-refractivity contribution >= 4 is 11.6 Å². The van der Waals surface area contributed by atoms with E-state index in [0.717, 1.165) is 30.6 Å². The lowest BCUT2D eigenvalue weighted by molar-refractivity contribution is -0.116. The summed E-state index contributed by atoms with van der Waals surface area (Å²) in [6.07, 6.45) is 1.73. The smallest absolute Gasteiger partial charge is 0.223 e. The summed E-state index contributed by atoms with van der Waals surface area (Å²) in [4.78, 5) is 13.5. The minimum Gasteiger partial charge on any atom is -0.327 e. The number of nitrogens with zero attached hydrogens (tertiary/aromatic N) is 1. The SMILES string of the molecule is CC(=O)N1CCC(N)Cc2cccc(C)c21. The van der Waals surface area contributed by atoms with Crippen LogP contribution in [0.2, 0.25) is 0 Å². The van der Waals surface area contributed by atoms with Gasteiger partial charge in [-0.3, -0.25) is 4.79 Å². The molecule has 0 radical (unpaired) electrons. The van der Waals surface area contributed by atoms with Crippen LogP contribution in [0.5, 0.6) is 0 Å². The molecule has 1 aromatic rings. The van der Waals surface area contributed by atoms with E-state index >= 15 is 0 Å². The molecule has 1 aromatic carbocycles. The summed E-state index contributed by atoms with van der Waals surface area (Å²) in [6, 6.07) is 6.31. The first-order chi connectivity index (χ1) is 7.59. The molecule has 0 saturated heterocycles. The third-order valence-corrected chi connectivity index (χ3v) is 3.18. The molecule has 1 aliphatic heterocycles. The fraction of sp³-hybridized carbons (Fsp3) is 0.462. The first-order valence-electron chi connectivity index (χ1n) is 5.71. The van der Waals surface area contributed by atoms with Crippen molar-refractivity contribution in [2.24, 2.45) is 5.73 Å². The van der Waals surface area contributed by atoms with Crippen LogP contribution in [0.4, 0.5) is 5.69 Å². The van der Waals surface area contributed by atoms with Crippen LogP contribution in [-0.4, -0.2) is 18.5 Å². The Hall–Kier alpha value is -1.35. The van der Waals surface area contributed by atoms with Crippen LogP contribution in [0.25, 0.3) is 0 Å². The van der Waals surface area contributed by atoms with Gasteiger partial charge >= 0.3 is 0 Å². The number of carbonyl (C=O) groups is 1. The summed E-state index contributed by atoms with van der Waals surface area (Å²) in [6.45, 7) is 4.40. The average molecular weight is 218 g/mol. The van der Waals surface area contributed by atoms with Gasteiger partial charge in [0.1, 0.15) is 0 Å². The lowest BCUT2D eigenvalue weighted by Crippen LogP contribution is -2.31. The van der Waals surface area contributed by atoms with Gasteiger partial charge in [-0.1, -0.05) is 18.2 Å². The molecular weight excluding hydrogens is 200 g/mol. The third-order valence-electron chi connectivity index (χ3n) is 3.18. The second-order valence-corrected chi connectivity index (χ2v) is 4.51. The topological polar surface area (TPSA) is 46.3 Å². The zero-order valence-electron chi connectivity index (χ0n) is 9.86. The highest BCUT2D eigenvalue weighted by Gasteiger charge is 2.22. The second kappa shape index (κ2) is 4.26. The molecule has 2 rings (SSSR count). The molecule has 16 heavy (non-hydrogen) atoms. The molecule has 1 atom stereocenters.